The third-order valence-corrected chi connectivity index (χ3v) is 9.12. The molecule has 0 nitrogen and oxygen atoms in total. The van der Waals surface area contributed by atoms with Crippen molar-refractivity contribution in [1.82, 2.24) is 0 Å². The zero-order valence-corrected chi connectivity index (χ0v) is 16.2. The van der Waals surface area contributed by atoms with E-state index in [1.54, 1.807) is 5.30 Å². The second-order valence-corrected chi connectivity index (χ2v) is 9.95. The summed E-state index contributed by atoms with van der Waals surface area (Å²) in [5.41, 5.74) is 4.31. The van der Waals surface area contributed by atoms with Crippen molar-refractivity contribution in [3.63, 3.8) is 0 Å². The Morgan fingerprint density at radius 1 is 0.519 bits per heavy atom. The van der Waals surface area contributed by atoms with E-state index >= 15 is 0 Å². The van der Waals surface area contributed by atoms with Crippen LogP contribution in [-0.4, -0.2) is 0 Å². The molecule has 2 atom stereocenters. The van der Waals surface area contributed by atoms with Gasteiger partial charge in [0.05, 0.1) is 0 Å². The first-order chi connectivity index (χ1) is 13.4. The number of fused-ring (bicyclic) bond motifs is 1. The zero-order chi connectivity index (χ0) is 18.1. The van der Waals surface area contributed by atoms with Crippen molar-refractivity contribution in [1.29, 1.82) is 0 Å². The largest absolute Gasteiger partial charge is 0.0622 e. The highest BCUT2D eigenvalue weighted by Gasteiger charge is 2.38. The van der Waals surface area contributed by atoms with E-state index in [1.165, 1.54) is 34.7 Å². The Morgan fingerprint density at radius 3 is 1.63 bits per heavy atom. The van der Waals surface area contributed by atoms with Gasteiger partial charge in [0, 0.05) is 11.3 Å². The fourth-order valence-corrected chi connectivity index (χ4v) is 8.04. The van der Waals surface area contributed by atoms with E-state index in [4.69, 9.17) is 0 Å². The molecule has 0 amide bonds. The highest BCUT2D eigenvalue weighted by molar-refractivity contribution is 7.66. The van der Waals surface area contributed by atoms with Crippen molar-refractivity contribution < 1.29 is 0 Å². The zero-order valence-electron chi connectivity index (χ0n) is 15.3. The topological polar surface area (TPSA) is 0 Å². The first-order valence-corrected chi connectivity index (χ1v) is 11.3. The van der Waals surface area contributed by atoms with E-state index in [2.05, 4.69) is 103 Å². The summed E-state index contributed by atoms with van der Waals surface area (Å²) >= 11 is 0. The average Bonchev–Trinajstić information content (AvgIpc) is 3.20. The Labute approximate surface area is 162 Å². The summed E-state index contributed by atoms with van der Waals surface area (Å²) in [5, 5.41) is 4.25. The van der Waals surface area contributed by atoms with Gasteiger partial charge in [-0.2, -0.15) is 0 Å². The molecule has 0 aliphatic carbocycles. The van der Waals surface area contributed by atoms with Crippen LogP contribution in [0, 0.1) is 0 Å². The lowest BCUT2D eigenvalue weighted by Crippen LogP contribution is -2.07. The molecule has 27 heavy (non-hydrogen) atoms. The molecule has 0 unspecified atom stereocenters. The van der Waals surface area contributed by atoms with Gasteiger partial charge in [-0.1, -0.05) is 105 Å². The standard InChI is InChI=1S/C26H23P/c1-3-10-21(11-4-1)25-17-18-26(22-12-5-2-6-13-22)27(25)24-16-15-20-9-7-8-14-23(20)19-24/h1-16,19,25-26H,17-18H2/t25-,26-/m0/s1. The molecule has 1 aliphatic heterocycles. The molecule has 1 heterocycles. The summed E-state index contributed by atoms with van der Waals surface area (Å²) in [7, 11) is -0.293. The third-order valence-electron chi connectivity index (χ3n) is 5.78. The smallest absolute Gasteiger partial charge is 0.00877 e. The maximum Gasteiger partial charge on any atom is 0.00877 e. The van der Waals surface area contributed by atoms with Crippen LogP contribution < -0.4 is 5.30 Å². The van der Waals surface area contributed by atoms with Gasteiger partial charge >= 0.3 is 0 Å². The summed E-state index contributed by atoms with van der Waals surface area (Å²) in [6.07, 6.45) is 2.56. The second kappa shape index (κ2) is 7.29. The van der Waals surface area contributed by atoms with Crippen LogP contribution in [0.15, 0.2) is 103 Å². The van der Waals surface area contributed by atoms with Crippen molar-refractivity contribution >= 4 is 24.0 Å². The fraction of sp³-hybridized carbons (Fsp3) is 0.154. The lowest BCUT2D eigenvalue weighted by Gasteiger charge is -2.27. The minimum Gasteiger partial charge on any atom is -0.0622 e. The lowest BCUT2D eigenvalue weighted by atomic mass is 10.0. The molecule has 4 aromatic rings. The lowest BCUT2D eigenvalue weighted by molar-refractivity contribution is 0.765. The molecule has 1 saturated heterocycles. The van der Waals surface area contributed by atoms with E-state index in [-0.39, 0.29) is 7.92 Å². The Balaban J connectivity index is 1.63. The molecule has 1 fully saturated rings. The van der Waals surface area contributed by atoms with E-state index in [1.807, 2.05) is 0 Å². The molecule has 132 valence electrons. The van der Waals surface area contributed by atoms with Gasteiger partial charge < -0.3 is 0 Å². The Bertz CT molecular complexity index is 992. The molecule has 0 bridgehead atoms. The van der Waals surface area contributed by atoms with Crippen LogP contribution in [0.2, 0.25) is 0 Å². The fourth-order valence-electron chi connectivity index (χ4n) is 4.51. The highest BCUT2D eigenvalue weighted by atomic mass is 31.1. The normalized spacial score (nSPS) is 20.1. The molecule has 5 rings (SSSR count). The van der Waals surface area contributed by atoms with Gasteiger partial charge in [0.15, 0.2) is 0 Å². The molecule has 0 spiro atoms. The second-order valence-electron chi connectivity index (χ2n) is 7.37. The van der Waals surface area contributed by atoms with Crippen molar-refractivity contribution in [2.45, 2.75) is 24.2 Å². The SMILES string of the molecule is c1ccc([C@@H]2CC[C@@H](c3ccccc3)P2c2ccc3ccccc3c2)cc1. The number of benzene rings is 4. The maximum atomic E-state index is 2.46. The Hall–Kier alpha value is -2.43. The van der Waals surface area contributed by atoms with E-state index < -0.39 is 0 Å². The Kier molecular flexibility index (Phi) is 4.52. The summed E-state index contributed by atoms with van der Waals surface area (Å²) < 4.78 is 0. The molecule has 0 N–H and O–H groups in total. The summed E-state index contributed by atoms with van der Waals surface area (Å²) in [6.45, 7) is 0. The van der Waals surface area contributed by atoms with Crippen molar-refractivity contribution in [2.24, 2.45) is 0 Å². The van der Waals surface area contributed by atoms with Gasteiger partial charge in [-0.15, -0.1) is 0 Å². The molecule has 1 aliphatic rings. The van der Waals surface area contributed by atoms with Gasteiger partial charge in [-0.05, 0) is 46.1 Å². The van der Waals surface area contributed by atoms with Gasteiger partial charge in [-0.25, -0.2) is 0 Å². The average molecular weight is 366 g/mol. The van der Waals surface area contributed by atoms with Crippen LogP contribution in [0.3, 0.4) is 0 Å². The van der Waals surface area contributed by atoms with Gasteiger partial charge in [-0.3, -0.25) is 0 Å². The first-order valence-electron chi connectivity index (χ1n) is 9.77. The molecule has 0 aromatic heterocycles. The monoisotopic (exact) mass is 366 g/mol. The Morgan fingerprint density at radius 2 is 1.04 bits per heavy atom. The van der Waals surface area contributed by atoms with Gasteiger partial charge in [0.25, 0.3) is 0 Å². The molecular formula is C26H23P. The third kappa shape index (κ3) is 3.20. The van der Waals surface area contributed by atoms with Crippen LogP contribution in [0.25, 0.3) is 10.8 Å². The summed E-state index contributed by atoms with van der Waals surface area (Å²) in [5.74, 6) is 0. The predicted molar refractivity (Wildman–Crippen MR) is 118 cm³/mol. The first kappa shape index (κ1) is 16.7. The minimum atomic E-state index is -0.293. The van der Waals surface area contributed by atoms with Crippen LogP contribution in [-0.2, 0) is 0 Å². The van der Waals surface area contributed by atoms with E-state index in [0.29, 0.717) is 11.3 Å². The number of hydrogen-bond acceptors (Lipinski definition) is 0. The number of rotatable bonds is 3. The molecule has 0 radical (unpaired) electrons. The van der Waals surface area contributed by atoms with Gasteiger partial charge in [0.2, 0.25) is 0 Å². The van der Waals surface area contributed by atoms with E-state index in [0.717, 1.165) is 0 Å². The molecule has 4 aromatic carbocycles. The van der Waals surface area contributed by atoms with Crippen molar-refractivity contribution in [3.8, 4) is 0 Å². The van der Waals surface area contributed by atoms with Crippen LogP contribution in [0.1, 0.15) is 35.3 Å². The summed E-state index contributed by atoms with van der Waals surface area (Å²) in [6, 6.07) is 38.3. The molecule has 1 heteroatoms. The maximum absolute atomic E-state index is 2.46. The van der Waals surface area contributed by atoms with Crippen LogP contribution >= 0.6 is 7.92 Å². The van der Waals surface area contributed by atoms with Gasteiger partial charge in [0.1, 0.15) is 0 Å². The van der Waals surface area contributed by atoms with E-state index in [9.17, 15) is 0 Å². The summed E-state index contributed by atoms with van der Waals surface area (Å²) in [4.78, 5) is 0. The molecule has 0 saturated carbocycles. The quantitative estimate of drug-likeness (QED) is 0.336. The van der Waals surface area contributed by atoms with Crippen molar-refractivity contribution in [3.05, 3.63) is 114 Å². The van der Waals surface area contributed by atoms with Crippen molar-refractivity contribution in [2.75, 3.05) is 0 Å². The number of hydrogen-bond donors (Lipinski definition) is 0. The molecular weight excluding hydrogens is 343 g/mol. The van der Waals surface area contributed by atoms with Crippen LogP contribution in [0.5, 0.6) is 0 Å². The van der Waals surface area contributed by atoms with Crippen LogP contribution in [0.4, 0.5) is 0 Å². The highest BCUT2D eigenvalue weighted by Crippen LogP contribution is 2.69. The minimum absolute atomic E-state index is 0.293. The predicted octanol–water partition coefficient (Wildman–Crippen LogP) is 7.22.